The smallest absolute Gasteiger partial charge is 0.276 e. The average molecular weight is 361 g/mol. The molecule has 0 bridgehead atoms. The summed E-state index contributed by atoms with van der Waals surface area (Å²) >= 11 is 0. The van der Waals surface area contributed by atoms with Crippen LogP contribution in [-0.2, 0) is 6.54 Å². The Bertz CT molecular complexity index is 1120. The maximum Gasteiger partial charge on any atom is 0.276 e. The summed E-state index contributed by atoms with van der Waals surface area (Å²) in [5, 5.41) is 14.9. The van der Waals surface area contributed by atoms with Crippen LogP contribution in [-0.4, -0.2) is 26.4 Å². The maximum absolute atomic E-state index is 12.8. The molecule has 0 fully saturated rings. The van der Waals surface area contributed by atoms with Crippen LogP contribution in [0.15, 0.2) is 77.9 Å². The SMILES string of the molecule is COc1ccc(-c2cc3c(=O)n(CC(O)c4ccccc4)ccn3n2)cc1. The van der Waals surface area contributed by atoms with Crippen LogP contribution in [0.1, 0.15) is 11.7 Å². The molecule has 6 heteroatoms. The van der Waals surface area contributed by atoms with E-state index in [1.807, 2.05) is 54.6 Å². The predicted molar refractivity (Wildman–Crippen MR) is 103 cm³/mol. The van der Waals surface area contributed by atoms with E-state index in [9.17, 15) is 9.90 Å². The molecular weight excluding hydrogens is 342 g/mol. The molecule has 0 saturated carbocycles. The zero-order valence-corrected chi connectivity index (χ0v) is 14.8. The van der Waals surface area contributed by atoms with Crippen molar-refractivity contribution in [2.45, 2.75) is 12.6 Å². The fourth-order valence-corrected chi connectivity index (χ4v) is 3.04. The molecular formula is C21H19N3O3. The number of methoxy groups -OCH3 is 1. The predicted octanol–water partition coefficient (Wildman–Crippen LogP) is 2.91. The Balaban J connectivity index is 1.66. The number of aliphatic hydroxyl groups is 1. The van der Waals surface area contributed by atoms with Crippen molar-refractivity contribution in [1.82, 2.24) is 14.2 Å². The molecule has 2 aromatic heterocycles. The minimum Gasteiger partial charge on any atom is -0.497 e. The van der Waals surface area contributed by atoms with Gasteiger partial charge < -0.3 is 14.4 Å². The highest BCUT2D eigenvalue weighted by Crippen LogP contribution is 2.22. The Morgan fingerprint density at radius 1 is 1.07 bits per heavy atom. The van der Waals surface area contributed by atoms with Crippen molar-refractivity contribution < 1.29 is 9.84 Å². The van der Waals surface area contributed by atoms with Crippen molar-refractivity contribution in [3.8, 4) is 17.0 Å². The first-order valence-corrected chi connectivity index (χ1v) is 8.62. The molecule has 27 heavy (non-hydrogen) atoms. The summed E-state index contributed by atoms with van der Waals surface area (Å²) in [6.45, 7) is 0.183. The second-order valence-electron chi connectivity index (χ2n) is 6.27. The number of benzene rings is 2. The number of aliphatic hydroxyl groups excluding tert-OH is 1. The van der Waals surface area contributed by atoms with Crippen LogP contribution in [0.4, 0.5) is 0 Å². The van der Waals surface area contributed by atoms with E-state index in [0.29, 0.717) is 11.2 Å². The van der Waals surface area contributed by atoms with Gasteiger partial charge in [0.1, 0.15) is 11.3 Å². The van der Waals surface area contributed by atoms with Gasteiger partial charge in [0.25, 0.3) is 5.56 Å². The molecule has 1 N–H and O–H groups in total. The molecule has 6 nitrogen and oxygen atoms in total. The highest BCUT2D eigenvalue weighted by atomic mass is 16.5. The summed E-state index contributed by atoms with van der Waals surface area (Å²) in [4.78, 5) is 12.8. The summed E-state index contributed by atoms with van der Waals surface area (Å²) in [6, 6.07) is 18.6. The van der Waals surface area contributed by atoms with Crippen LogP contribution >= 0.6 is 0 Å². The number of hydrogen-bond acceptors (Lipinski definition) is 4. The Kier molecular flexibility index (Phi) is 4.48. The van der Waals surface area contributed by atoms with Gasteiger partial charge >= 0.3 is 0 Å². The van der Waals surface area contributed by atoms with E-state index in [-0.39, 0.29) is 12.1 Å². The molecule has 1 unspecified atom stereocenters. The van der Waals surface area contributed by atoms with E-state index in [1.165, 1.54) is 4.57 Å². The van der Waals surface area contributed by atoms with Gasteiger partial charge in [0.15, 0.2) is 0 Å². The van der Waals surface area contributed by atoms with Crippen molar-refractivity contribution >= 4 is 5.52 Å². The van der Waals surface area contributed by atoms with E-state index in [2.05, 4.69) is 5.10 Å². The Hall–Kier alpha value is -3.38. The number of nitrogens with zero attached hydrogens (tertiary/aromatic N) is 3. The minimum absolute atomic E-state index is 0.183. The van der Waals surface area contributed by atoms with Gasteiger partial charge in [-0.1, -0.05) is 30.3 Å². The summed E-state index contributed by atoms with van der Waals surface area (Å²) in [5.74, 6) is 0.764. The van der Waals surface area contributed by atoms with Crippen molar-refractivity contribution in [1.29, 1.82) is 0 Å². The molecule has 136 valence electrons. The fourth-order valence-electron chi connectivity index (χ4n) is 3.04. The van der Waals surface area contributed by atoms with Crippen molar-refractivity contribution in [2.75, 3.05) is 7.11 Å². The second kappa shape index (κ2) is 7.09. The standard InChI is InChI=1S/C21H19N3O3/c1-27-17-9-7-15(8-10-17)18-13-19-21(26)23(11-12-24(19)22-18)14-20(25)16-5-3-2-4-6-16/h2-13,20,25H,14H2,1H3. The topological polar surface area (TPSA) is 68.8 Å². The highest BCUT2D eigenvalue weighted by molar-refractivity contribution is 5.66. The molecule has 0 spiro atoms. The van der Waals surface area contributed by atoms with E-state index < -0.39 is 6.10 Å². The lowest BCUT2D eigenvalue weighted by Crippen LogP contribution is -2.24. The first kappa shape index (κ1) is 17.1. The third-order valence-electron chi connectivity index (χ3n) is 4.54. The van der Waals surface area contributed by atoms with E-state index in [4.69, 9.17) is 4.74 Å². The van der Waals surface area contributed by atoms with Crippen LogP contribution in [0.25, 0.3) is 16.8 Å². The largest absolute Gasteiger partial charge is 0.497 e. The van der Waals surface area contributed by atoms with Gasteiger partial charge in [-0.2, -0.15) is 5.10 Å². The average Bonchev–Trinajstić information content (AvgIpc) is 3.16. The van der Waals surface area contributed by atoms with Crippen molar-refractivity contribution in [3.05, 3.63) is 89.0 Å². The fraction of sp³-hybridized carbons (Fsp3) is 0.143. The quantitative estimate of drug-likeness (QED) is 0.593. The summed E-state index contributed by atoms with van der Waals surface area (Å²) in [7, 11) is 1.62. The van der Waals surface area contributed by atoms with Crippen LogP contribution in [0.3, 0.4) is 0 Å². The number of fused-ring (bicyclic) bond motifs is 1. The number of rotatable bonds is 5. The molecule has 2 heterocycles. The molecule has 0 aliphatic carbocycles. The molecule has 0 radical (unpaired) electrons. The first-order chi connectivity index (χ1) is 13.2. The highest BCUT2D eigenvalue weighted by Gasteiger charge is 2.13. The van der Waals surface area contributed by atoms with Crippen molar-refractivity contribution in [3.63, 3.8) is 0 Å². The minimum atomic E-state index is -0.754. The Morgan fingerprint density at radius 3 is 2.52 bits per heavy atom. The van der Waals surface area contributed by atoms with E-state index in [0.717, 1.165) is 16.9 Å². The van der Waals surface area contributed by atoms with Crippen LogP contribution in [0, 0.1) is 0 Å². The number of aromatic nitrogens is 3. The Labute approximate surface area is 155 Å². The van der Waals surface area contributed by atoms with Gasteiger partial charge in [0.2, 0.25) is 0 Å². The van der Waals surface area contributed by atoms with Crippen LogP contribution in [0.5, 0.6) is 5.75 Å². The third-order valence-corrected chi connectivity index (χ3v) is 4.54. The van der Waals surface area contributed by atoms with Crippen LogP contribution < -0.4 is 10.3 Å². The summed E-state index contributed by atoms with van der Waals surface area (Å²) in [5.41, 5.74) is 2.64. The number of hydrogen-bond donors (Lipinski definition) is 1. The lowest BCUT2D eigenvalue weighted by Gasteiger charge is -2.13. The molecule has 2 aromatic carbocycles. The van der Waals surface area contributed by atoms with Crippen molar-refractivity contribution in [2.24, 2.45) is 0 Å². The number of ether oxygens (including phenoxy) is 1. The van der Waals surface area contributed by atoms with Gasteiger partial charge in [-0.15, -0.1) is 0 Å². The van der Waals surface area contributed by atoms with Gasteiger partial charge in [-0.3, -0.25) is 4.79 Å². The lowest BCUT2D eigenvalue weighted by atomic mass is 10.1. The van der Waals surface area contributed by atoms with E-state index >= 15 is 0 Å². The lowest BCUT2D eigenvalue weighted by molar-refractivity contribution is 0.155. The molecule has 0 aliphatic rings. The van der Waals surface area contributed by atoms with E-state index in [1.54, 1.807) is 30.1 Å². The third kappa shape index (κ3) is 3.35. The van der Waals surface area contributed by atoms with Gasteiger partial charge in [0.05, 0.1) is 25.5 Å². The molecule has 0 aliphatic heterocycles. The zero-order valence-electron chi connectivity index (χ0n) is 14.8. The molecule has 4 rings (SSSR count). The van der Waals surface area contributed by atoms with Crippen LogP contribution in [0.2, 0.25) is 0 Å². The zero-order chi connectivity index (χ0) is 18.8. The molecule has 0 amide bonds. The Morgan fingerprint density at radius 2 is 1.81 bits per heavy atom. The summed E-state index contributed by atoms with van der Waals surface area (Å²) < 4.78 is 8.24. The molecule has 4 aromatic rings. The van der Waals surface area contributed by atoms with Gasteiger partial charge in [-0.05, 0) is 35.9 Å². The first-order valence-electron chi connectivity index (χ1n) is 8.62. The second-order valence-corrected chi connectivity index (χ2v) is 6.27. The van der Waals surface area contributed by atoms with Gasteiger partial charge in [-0.25, -0.2) is 4.52 Å². The molecule has 0 saturated heterocycles. The van der Waals surface area contributed by atoms with Gasteiger partial charge in [0, 0.05) is 18.0 Å². The molecule has 1 atom stereocenters. The normalized spacial score (nSPS) is 12.2. The summed E-state index contributed by atoms with van der Waals surface area (Å²) in [6.07, 6.45) is 2.61. The monoisotopic (exact) mass is 361 g/mol. The maximum atomic E-state index is 12.8.